The summed E-state index contributed by atoms with van der Waals surface area (Å²) in [6, 6.07) is 2.01. The molecule has 2 rings (SSSR count). The van der Waals surface area contributed by atoms with Crippen molar-refractivity contribution in [2.24, 2.45) is 0 Å². The molecule has 1 aliphatic carbocycles. The zero-order valence-electron chi connectivity index (χ0n) is 11.6. The van der Waals surface area contributed by atoms with E-state index in [1.54, 1.807) is 17.4 Å². The van der Waals surface area contributed by atoms with Gasteiger partial charge in [0.25, 0.3) is 10.0 Å². The highest BCUT2D eigenvalue weighted by Gasteiger charge is 2.32. The van der Waals surface area contributed by atoms with Gasteiger partial charge in [-0.1, -0.05) is 13.3 Å². The van der Waals surface area contributed by atoms with Crippen molar-refractivity contribution in [2.45, 2.75) is 49.4 Å². The zero-order chi connectivity index (χ0) is 13.9. The fourth-order valence-corrected chi connectivity index (χ4v) is 4.89. The van der Waals surface area contributed by atoms with E-state index < -0.39 is 10.0 Å². The molecule has 0 unspecified atom stereocenters. The second-order valence-corrected chi connectivity index (χ2v) is 8.19. The fourth-order valence-electron chi connectivity index (χ4n) is 2.08. The lowest BCUT2D eigenvalue weighted by atomic mass is 9.94. The van der Waals surface area contributed by atoms with Crippen LogP contribution in [0.4, 0.5) is 0 Å². The fraction of sp³-hybridized carbons (Fsp3) is 0.692. The molecule has 0 radical (unpaired) electrons. The van der Waals surface area contributed by atoms with Crippen LogP contribution >= 0.6 is 11.3 Å². The lowest BCUT2D eigenvalue weighted by Crippen LogP contribution is -2.40. The van der Waals surface area contributed by atoms with Gasteiger partial charge in [0.1, 0.15) is 4.21 Å². The maximum atomic E-state index is 12.4. The van der Waals surface area contributed by atoms with Crippen LogP contribution in [-0.4, -0.2) is 32.4 Å². The molecule has 0 bridgehead atoms. The highest BCUT2D eigenvalue weighted by molar-refractivity contribution is 7.91. The van der Waals surface area contributed by atoms with Crippen LogP contribution in [0, 0.1) is 0 Å². The molecule has 108 valence electrons. The van der Waals surface area contributed by atoms with Gasteiger partial charge in [0.05, 0.1) is 0 Å². The molecule has 1 saturated carbocycles. The first-order chi connectivity index (χ1) is 9.05. The van der Waals surface area contributed by atoms with Crippen LogP contribution < -0.4 is 5.32 Å². The molecule has 0 amide bonds. The molecule has 0 aromatic carbocycles. The Morgan fingerprint density at radius 2 is 2.21 bits per heavy atom. The van der Waals surface area contributed by atoms with Crippen molar-refractivity contribution in [2.75, 3.05) is 13.6 Å². The molecular weight excluding hydrogens is 280 g/mol. The summed E-state index contributed by atoms with van der Waals surface area (Å²) < 4.78 is 26.9. The van der Waals surface area contributed by atoms with Crippen LogP contribution in [0.15, 0.2) is 15.7 Å². The first-order valence-corrected chi connectivity index (χ1v) is 9.14. The summed E-state index contributed by atoms with van der Waals surface area (Å²) in [5.74, 6) is 0. The predicted octanol–water partition coefficient (Wildman–Crippen LogP) is 2.42. The van der Waals surface area contributed by atoms with Gasteiger partial charge in [-0.2, -0.15) is 4.31 Å². The van der Waals surface area contributed by atoms with E-state index in [1.807, 2.05) is 5.38 Å². The molecule has 19 heavy (non-hydrogen) atoms. The molecule has 1 aromatic heterocycles. The second-order valence-electron chi connectivity index (χ2n) is 5.06. The maximum Gasteiger partial charge on any atom is 0.252 e. The number of nitrogens with one attached hydrogen (secondary N) is 1. The molecule has 1 fully saturated rings. The molecule has 0 aliphatic heterocycles. The molecule has 6 heteroatoms. The largest absolute Gasteiger partial charge is 0.313 e. The SMILES string of the molecule is CCCNCc1csc(S(=O)(=O)N(C)C2CCC2)c1. The summed E-state index contributed by atoms with van der Waals surface area (Å²) in [5, 5.41) is 5.22. The van der Waals surface area contributed by atoms with E-state index in [2.05, 4.69) is 12.2 Å². The minimum atomic E-state index is -3.28. The van der Waals surface area contributed by atoms with Crippen LogP contribution in [0.5, 0.6) is 0 Å². The van der Waals surface area contributed by atoms with Gasteiger partial charge in [-0.05, 0) is 42.8 Å². The summed E-state index contributed by atoms with van der Waals surface area (Å²) in [5.41, 5.74) is 1.05. The van der Waals surface area contributed by atoms with Gasteiger partial charge in [0.2, 0.25) is 0 Å². The summed E-state index contributed by atoms with van der Waals surface area (Å²) >= 11 is 1.33. The summed E-state index contributed by atoms with van der Waals surface area (Å²) in [6.45, 7) is 3.82. The highest BCUT2D eigenvalue weighted by Crippen LogP contribution is 2.30. The minimum Gasteiger partial charge on any atom is -0.313 e. The van der Waals surface area contributed by atoms with Gasteiger partial charge >= 0.3 is 0 Å². The number of hydrogen-bond acceptors (Lipinski definition) is 4. The predicted molar refractivity (Wildman–Crippen MR) is 78.9 cm³/mol. The van der Waals surface area contributed by atoms with Crippen molar-refractivity contribution in [1.29, 1.82) is 0 Å². The molecule has 1 aromatic rings. The molecule has 1 aliphatic rings. The maximum absolute atomic E-state index is 12.4. The standard InChI is InChI=1S/C13H22N2O2S2/c1-3-7-14-9-11-8-13(18-10-11)19(16,17)15(2)12-5-4-6-12/h8,10,12,14H,3-7,9H2,1-2H3. The number of sulfonamides is 1. The van der Waals surface area contributed by atoms with E-state index in [0.29, 0.717) is 4.21 Å². The van der Waals surface area contributed by atoms with E-state index in [0.717, 1.165) is 44.3 Å². The van der Waals surface area contributed by atoms with E-state index in [9.17, 15) is 8.42 Å². The van der Waals surface area contributed by atoms with Crippen LogP contribution in [0.2, 0.25) is 0 Å². The van der Waals surface area contributed by atoms with Gasteiger partial charge < -0.3 is 5.32 Å². The molecule has 0 atom stereocenters. The molecule has 0 saturated heterocycles. The van der Waals surface area contributed by atoms with Crippen molar-refractivity contribution < 1.29 is 8.42 Å². The normalized spacial score (nSPS) is 16.8. The summed E-state index contributed by atoms with van der Waals surface area (Å²) in [4.78, 5) is 0. The number of thiophene rings is 1. The quantitative estimate of drug-likeness (QED) is 0.787. The smallest absolute Gasteiger partial charge is 0.252 e. The highest BCUT2D eigenvalue weighted by atomic mass is 32.2. The van der Waals surface area contributed by atoms with Crippen molar-refractivity contribution in [1.82, 2.24) is 9.62 Å². The molecule has 1 heterocycles. The first kappa shape index (κ1) is 15.0. The number of nitrogens with zero attached hydrogens (tertiary/aromatic N) is 1. The summed E-state index contributed by atoms with van der Waals surface area (Å²) in [7, 11) is -1.58. The van der Waals surface area contributed by atoms with Crippen molar-refractivity contribution in [3.05, 3.63) is 17.0 Å². The molecular formula is C13H22N2O2S2. The Morgan fingerprint density at radius 3 is 2.79 bits per heavy atom. The van der Waals surface area contributed by atoms with Gasteiger partial charge in [0.15, 0.2) is 0 Å². The molecule has 1 N–H and O–H groups in total. The van der Waals surface area contributed by atoms with Gasteiger partial charge in [0, 0.05) is 19.6 Å². The Bertz CT molecular complexity index is 506. The van der Waals surface area contributed by atoms with Crippen LogP contribution in [0.1, 0.15) is 38.2 Å². The van der Waals surface area contributed by atoms with Gasteiger partial charge in [-0.25, -0.2) is 8.42 Å². The Hall–Kier alpha value is -0.430. The first-order valence-electron chi connectivity index (χ1n) is 6.82. The molecule has 0 spiro atoms. The van der Waals surface area contributed by atoms with Crippen LogP contribution in [0.25, 0.3) is 0 Å². The topological polar surface area (TPSA) is 49.4 Å². The van der Waals surface area contributed by atoms with Crippen molar-refractivity contribution >= 4 is 21.4 Å². The third kappa shape index (κ3) is 3.37. The van der Waals surface area contributed by atoms with Gasteiger partial charge in [-0.3, -0.25) is 0 Å². The third-order valence-electron chi connectivity index (χ3n) is 3.61. The van der Waals surface area contributed by atoms with E-state index >= 15 is 0 Å². The lowest BCUT2D eigenvalue weighted by Gasteiger charge is -2.33. The van der Waals surface area contributed by atoms with Gasteiger partial charge in [-0.15, -0.1) is 11.3 Å². The zero-order valence-corrected chi connectivity index (χ0v) is 13.2. The van der Waals surface area contributed by atoms with Crippen LogP contribution in [0.3, 0.4) is 0 Å². The molecule has 4 nitrogen and oxygen atoms in total. The number of rotatable bonds is 7. The van der Waals surface area contributed by atoms with E-state index in [4.69, 9.17) is 0 Å². The average molecular weight is 302 g/mol. The lowest BCUT2D eigenvalue weighted by molar-refractivity contribution is 0.250. The van der Waals surface area contributed by atoms with Crippen LogP contribution in [-0.2, 0) is 16.6 Å². The van der Waals surface area contributed by atoms with E-state index in [1.165, 1.54) is 11.3 Å². The Labute approximate surface area is 119 Å². The Balaban J connectivity index is 2.03. The average Bonchev–Trinajstić information content (AvgIpc) is 2.76. The monoisotopic (exact) mass is 302 g/mol. The number of hydrogen-bond donors (Lipinski definition) is 1. The van der Waals surface area contributed by atoms with Crippen molar-refractivity contribution in [3.8, 4) is 0 Å². The van der Waals surface area contributed by atoms with Crippen molar-refractivity contribution in [3.63, 3.8) is 0 Å². The summed E-state index contributed by atoms with van der Waals surface area (Å²) in [6.07, 6.45) is 4.21. The Morgan fingerprint density at radius 1 is 1.47 bits per heavy atom. The van der Waals surface area contributed by atoms with E-state index in [-0.39, 0.29) is 6.04 Å². The minimum absolute atomic E-state index is 0.203. The second kappa shape index (κ2) is 6.35. The third-order valence-corrected chi connectivity index (χ3v) is 6.98. The Kier molecular flexibility index (Phi) is 5.00.